The molecule has 0 spiro atoms. The lowest BCUT2D eigenvalue weighted by molar-refractivity contribution is -0.154. The largest absolute Gasteiger partial charge is 0.494 e. The molecule has 0 heterocycles. The number of esters is 1. The lowest BCUT2D eigenvalue weighted by Gasteiger charge is -2.56. The molecule has 166 valence electrons. The van der Waals surface area contributed by atoms with Crippen molar-refractivity contribution in [1.29, 1.82) is 0 Å². The molecule has 0 amide bonds. The second kappa shape index (κ2) is 10.1. The summed E-state index contributed by atoms with van der Waals surface area (Å²) < 4.78 is 11.5. The molecule has 4 fully saturated rings. The molecule has 2 N–H and O–H groups in total. The summed E-state index contributed by atoms with van der Waals surface area (Å²) in [6, 6.07) is 7.78. The zero-order valence-electron chi connectivity index (χ0n) is 18.1. The van der Waals surface area contributed by atoms with Gasteiger partial charge in [0.2, 0.25) is 0 Å². The van der Waals surface area contributed by atoms with Crippen molar-refractivity contribution < 1.29 is 19.4 Å². The van der Waals surface area contributed by atoms with Crippen LogP contribution in [0.1, 0.15) is 56.9 Å². The Morgan fingerprint density at radius 3 is 2.27 bits per heavy atom. The third kappa shape index (κ3) is 5.76. The monoisotopic (exact) mass is 415 g/mol. The SMILES string of the molecule is O=C(Cc1ccc(OCCCNCCCO)cc1)OCC12CC3CC(CC(C3)C1)C2. The lowest BCUT2D eigenvalue weighted by atomic mass is 9.50. The van der Waals surface area contributed by atoms with Crippen molar-refractivity contribution in [3.05, 3.63) is 29.8 Å². The fraction of sp³-hybridized carbons (Fsp3) is 0.720. The van der Waals surface area contributed by atoms with Crippen LogP contribution < -0.4 is 10.1 Å². The highest BCUT2D eigenvalue weighted by Gasteiger charge is 2.51. The van der Waals surface area contributed by atoms with Crippen molar-refractivity contribution in [2.24, 2.45) is 23.2 Å². The van der Waals surface area contributed by atoms with E-state index in [0.29, 0.717) is 19.6 Å². The van der Waals surface area contributed by atoms with Gasteiger partial charge in [0.1, 0.15) is 5.75 Å². The van der Waals surface area contributed by atoms with Crippen molar-refractivity contribution in [2.45, 2.75) is 57.8 Å². The van der Waals surface area contributed by atoms with Gasteiger partial charge in [-0.2, -0.15) is 0 Å². The number of aliphatic hydroxyl groups is 1. The summed E-state index contributed by atoms with van der Waals surface area (Å²) in [5.74, 6) is 3.39. The van der Waals surface area contributed by atoms with Crippen LogP contribution in [-0.4, -0.2) is 44.0 Å². The minimum Gasteiger partial charge on any atom is -0.494 e. The predicted octanol–water partition coefficient (Wildman–Crippen LogP) is 3.73. The highest BCUT2D eigenvalue weighted by atomic mass is 16.5. The van der Waals surface area contributed by atoms with Gasteiger partial charge in [0.15, 0.2) is 0 Å². The van der Waals surface area contributed by atoms with Gasteiger partial charge in [-0.05, 0) is 99.9 Å². The second-order valence-corrected chi connectivity index (χ2v) is 9.93. The Labute approximate surface area is 180 Å². The van der Waals surface area contributed by atoms with E-state index in [4.69, 9.17) is 14.6 Å². The molecule has 0 atom stereocenters. The Morgan fingerprint density at radius 2 is 1.63 bits per heavy atom. The number of carbonyl (C=O) groups excluding carboxylic acids is 1. The Hall–Kier alpha value is -1.59. The van der Waals surface area contributed by atoms with Crippen LogP contribution in [0.5, 0.6) is 5.75 Å². The third-order valence-electron chi connectivity index (χ3n) is 7.25. The van der Waals surface area contributed by atoms with Gasteiger partial charge in [-0.25, -0.2) is 0 Å². The van der Waals surface area contributed by atoms with E-state index in [-0.39, 0.29) is 18.0 Å². The number of rotatable bonds is 12. The van der Waals surface area contributed by atoms with Crippen molar-refractivity contribution >= 4 is 5.97 Å². The molecule has 0 aromatic heterocycles. The third-order valence-corrected chi connectivity index (χ3v) is 7.25. The van der Waals surface area contributed by atoms with Gasteiger partial charge in [-0.3, -0.25) is 4.79 Å². The maximum atomic E-state index is 12.4. The predicted molar refractivity (Wildman–Crippen MR) is 116 cm³/mol. The van der Waals surface area contributed by atoms with Gasteiger partial charge < -0.3 is 19.9 Å². The van der Waals surface area contributed by atoms with Crippen LogP contribution in [0.15, 0.2) is 24.3 Å². The Bertz CT molecular complexity index is 652. The van der Waals surface area contributed by atoms with Crippen LogP contribution in [0.25, 0.3) is 0 Å². The number of benzene rings is 1. The Kier molecular flexibility index (Phi) is 7.32. The maximum Gasteiger partial charge on any atom is 0.310 e. The molecule has 1 aromatic carbocycles. The van der Waals surface area contributed by atoms with E-state index >= 15 is 0 Å². The molecule has 5 heteroatoms. The van der Waals surface area contributed by atoms with Crippen LogP contribution in [0.2, 0.25) is 0 Å². The number of hydrogen-bond donors (Lipinski definition) is 2. The molecule has 5 rings (SSSR count). The number of ether oxygens (including phenoxy) is 2. The van der Waals surface area contributed by atoms with Crippen LogP contribution in [0.4, 0.5) is 0 Å². The maximum absolute atomic E-state index is 12.4. The van der Waals surface area contributed by atoms with Crippen LogP contribution in [0, 0.1) is 23.2 Å². The molecule has 4 bridgehead atoms. The summed E-state index contributed by atoms with van der Waals surface area (Å²) in [5, 5.41) is 12.0. The van der Waals surface area contributed by atoms with Crippen molar-refractivity contribution in [3.8, 4) is 5.75 Å². The van der Waals surface area contributed by atoms with E-state index in [1.54, 1.807) is 0 Å². The Balaban J connectivity index is 1.15. The van der Waals surface area contributed by atoms with Crippen molar-refractivity contribution in [3.63, 3.8) is 0 Å². The van der Waals surface area contributed by atoms with Crippen molar-refractivity contribution in [2.75, 3.05) is 32.9 Å². The van der Waals surface area contributed by atoms with Gasteiger partial charge in [0.25, 0.3) is 0 Å². The lowest BCUT2D eigenvalue weighted by Crippen LogP contribution is -2.48. The molecule has 30 heavy (non-hydrogen) atoms. The first-order valence-corrected chi connectivity index (χ1v) is 11.8. The first-order chi connectivity index (χ1) is 14.6. The average Bonchev–Trinajstić information content (AvgIpc) is 2.72. The minimum absolute atomic E-state index is 0.103. The highest BCUT2D eigenvalue weighted by molar-refractivity contribution is 5.72. The van der Waals surface area contributed by atoms with Crippen LogP contribution in [-0.2, 0) is 16.0 Å². The molecular weight excluding hydrogens is 378 g/mol. The van der Waals surface area contributed by atoms with Gasteiger partial charge >= 0.3 is 5.97 Å². The topological polar surface area (TPSA) is 67.8 Å². The molecular formula is C25H37NO4. The highest BCUT2D eigenvalue weighted by Crippen LogP contribution is 2.60. The van der Waals surface area contributed by atoms with Crippen molar-refractivity contribution in [1.82, 2.24) is 5.32 Å². The summed E-state index contributed by atoms with van der Waals surface area (Å²) in [6.07, 6.45) is 10.1. The molecule has 0 aliphatic heterocycles. The summed E-state index contributed by atoms with van der Waals surface area (Å²) in [5.41, 5.74) is 1.26. The summed E-state index contributed by atoms with van der Waals surface area (Å²) in [7, 11) is 0. The zero-order chi connectivity index (χ0) is 20.8. The normalized spacial score (nSPS) is 29.2. The van der Waals surface area contributed by atoms with Gasteiger partial charge in [0, 0.05) is 12.0 Å². The molecule has 5 nitrogen and oxygen atoms in total. The second-order valence-electron chi connectivity index (χ2n) is 9.93. The Morgan fingerprint density at radius 1 is 1.00 bits per heavy atom. The molecule has 4 aliphatic carbocycles. The average molecular weight is 416 g/mol. The number of hydrogen-bond acceptors (Lipinski definition) is 5. The fourth-order valence-corrected chi connectivity index (χ4v) is 6.34. The minimum atomic E-state index is -0.103. The van der Waals surface area contributed by atoms with E-state index in [1.807, 2.05) is 24.3 Å². The quantitative estimate of drug-likeness (QED) is 0.402. The molecule has 0 radical (unpaired) electrons. The van der Waals surface area contributed by atoms with E-state index in [1.165, 1.54) is 38.5 Å². The standard InChI is InChI=1S/C25H37NO4/c27-9-1-7-26-8-2-10-29-23-5-3-19(4-6-23)14-24(28)30-18-25-15-20-11-21(16-25)13-22(12-20)17-25/h3-6,20-22,26-27H,1-2,7-18H2. The first-order valence-electron chi connectivity index (χ1n) is 11.8. The van der Waals surface area contributed by atoms with E-state index < -0.39 is 0 Å². The summed E-state index contributed by atoms with van der Waals surface area (Å²) >= 11 is 0. The van der Waals surface area contributed by atoms with Gasteiger partial charge in [0.05, 0.1) is 19.6 Å². The van der Waals surface area contributed by atoms with Crippen LogP contribution >= 0.6 is 0 Å². The molecule has 4 aliphatic rings. The van der Waals surface area contributed by atoms with Gasteiger partial charge in [-0.15, -0.1) is 0 Å². The molecule has 4 saturated carbocycles. The van der Waals surface area contributed by atoms with Gasteiger partial charge in [-0.1, -0.05) is 12.1 Å². The summed E-state index contributed by atoms with van der Waals surface area (Å²) in [4.78, 5) is 12.4. The van der Waals surface area contributed by atoms with E-state index in [2.05, 4.69) is 5.32 Å². The number of nitrogens with one attached hydrogen (secondary N) is 1. The van der Waals surface area contributed by atoms with Crippen LogP contribution in [0.3, 0.4) is 0 Å². The smallest absolute Gasteiger partial charge is 0.310 e. The fourth-order valence-electron chi connectivity index (χ4n) is 6.34. The zero-order valence-corrected chi connectivity index (χ0v) is 18.1. The first kappa shape index (κ1) is 21.6. The molecule has 1 aromatic rings. The number of carbonyl (C=O) groups is 1. The van der Waals surface area contributed by atoms with E-state index in [9.17, 15) is 4.79 Å². The summed E-state index contributed by atoms with van der Waals surface area (Å²) in [6.45, 7) is 3.23. The molecule has 0 saturated heterocycles. The number of aliphatic hydroxyl groups excluding tert-OH is 1. The molecule has 0 unspecified atom stereocenters. The van der Waals surface area contributed by atoms with E-state index in [0.717, 1.165) is 55.0 Å².